The van der Waals surface area contributed by atoms with Crippen LogP contribution in [0, 0.1) is 10.1 Å². The first kappa shape index (κ1) is 6.47. The molecule has 0 aromatic carbocycles. The van der Waals surface area contributed by atoms with Gasteiger partial charge in [0.05, 0.1) is 6.26 Å². The third kappa shape index (κ3) is 0.883. The van der Waals surface area contributed by atoms with Crippen LogP contribution in [0.2, 0.25) is 0 Å². The van der Waals surface area contributed by atoms with Crippen molar-refractivity contribution >= 4 is 12.2 Å². The molecular formula is C5H3NO4. The van der Waals surface area contributed by atoms with Crippen LogP contribution in [0.1, 0.15) is 10.4 Å². The summed E-state index contributed by atoms with van der Waals surface area (Å²) in [7, 11) is 0. The van der Waals surface area contributed by atoms with Gasteiger partial charge >= 0.3 is 5.88 Å². The number of aldehydes is 1. The summed E-state index contributed by atoms with van der Waals surface area (Å²) in [6, 6.07) is 1.24. The normalized spacial score (nSPS) is 9.20. The Kier molecular flexibility index (Phi) is 1.49. The first-order chi connectivity index (χ1) is 4.75. The number of hydrogen-bond donors (Lipinski definition) is 0. The highest BCUT2D eigenvalue weighted by Gasteiger charge is 2.16. The second kappa shape index (κ2) is 2.30. The lowest BCUT2D eigenvalue weighted by Crippen LogP contribution is -1.88. The number of hydrogen-bond acceptors (Lipinski definition) is 4. The summed E-state index contributed by atoms with van der Waals surface area (Å²) in [6.45, 7) is 0. The number of nitrogens with zero attached hydrogens (tertiary/aromatic N) is 1. The molecule has 0 atom stereocenters. The summed E-state index contributed by atoms with van der Waals surface area (Å²) in [5.41, 5.74) is -0.0370. The topological polar surface area (TPSA) is 73.3 Å². The SMILES string of the molecule is O=Cc1ccoc1[N+](=O)[O-]. The molecule has 0 saturated carbocycles. The highest BCUT2D eigenvalue weighted by molar-refractivity contribution is 5.79. The number of nitro groups is 1. The van der Waals surface area contributed by atoms with Gasteiger partial charge in [-0.15, -0.1) is 0 Å². The molecule has 0 radical (unpaired) electrons. The van der Waals surface area contributed by atoms with Gasteiger partial charge in [-0.3, -0.25) is 14.9 Å². The minimum absolute atomic E-state index is 0.0370. The van der Waals surface area contributed by atoms with Crippen LogP contribution in [0.3, 0.4) is 0 Å². The lowest BCUT2D eigenvalue weighted by molar-refractivity contribution is -0.402. The summed E-state index contributed by atoms with van der Waals surface area (Å²) >= 11 is 0. The summed E-state index contributed by atoms with van der Waals surface area (Å²) < 4.78 is 4.39. The second-order valence-electron chi connectivity index (χ2n) is 1.56. The number of furan rings is 1. The van der Waals surface area contributed by atoms with Gasteiger partial charge in [0.1, 0.15) is 10.5 Å². The number of carbonyl (C=O) groups excluding carboxylic acids is 1. The predicted octanol–water partition coefficient (Wildman–Crippen LogP) is 1.00. The van der Waals surface area contributed by atoms with Crippen LogP contribution in [0.5, 0.6) is 0 Å². The van der Waals surface area contributed by atoms with Gasteiger partial charge in [0.15, 0.2) is 6.29 Å². The van der Waals surface area contributed by atoms with Crippen molar-refractivity contribution in [2.24, 2.45) is 0 Å². The highest BCUT2D eigenvalue weighted by atomic mass is 16.6. The van der Waals surface area contributed by atoms with Gasteiger partial charge in [0.2, 0.25) is 0 Å². The largest absolute Gasteiger partial charge is 0.443 e. The van der Waals surface area contributed by atoms with E-state index in [4.69, 9.17) is 0 Å². The third-order valence-corrected chi connectivity index (χ3v) is 0.967. The first-order valence-electron chi connectivity index (χ1n) is 2.42. The van der Waals surface area contributed by atoms with Crippen molar-refractivity contribution in [2.45, 2.75) is 0 Å². The smallest absolute Gasteiger partial charge is 0.409 e. The second-order valence-corrected chi connectivity index (χ2v) is 1.56. The quantitative estimate of drug-likeness (QED) is 0.350. The summed E-state index contributed by atoms with van der Waals surface area (Å²) in [4.78, 5) is 19.3. The molecule has 0 aliphatic heterocycles. The van der Waals surface area contributed by atoms with Crippen molar-refractivity contribution < 1.29 is 14.1 Å². The van der Waals surface area contributed by atoms with Crippen LogP contribution in [-0.4, -0.2) is 11.2 Å². The lowest BCUT2D eigenvalue weighted by Gasteiger charge is -1.81. The van der Waals surface area contributed by atoms with E-state index in [1.54, 1.807) is 0 Å². The fourth-order valence-corrected chi connectivity index (χ4v) is 0.549. The van der Waals surface area contributed by atoms with Gasteiger partial charge in [-0.05, 0) is 6.07 Å². The average molecular weight is 141 g/mol. The van der Waals surface area contributed by atoms with Gasteiger partial charge < -0.3 is 4.42 Å². The molecule has 1 aromatic rings. The molecule has 1 aromatic heterocycles. The molecule has 52 valence electrons. The molecule has 0 bridgehead atoms. The maximum atomic E-state index is 10.0. The molecule has 0 spiro atoms. The van der Waals surface area contributed by atoms with Crippen molar-refractivity contribution in [1.82, 2.24) is 0 Å². The van der Waals surface area contributed by atoms with Crippen LogP contribution in [0.15, 0.2) is 16.7 Å². The zero-order chi connectivity index (χ0) is 7.56. The number of carbonyl (C=O) groups is 1. The van der Waals surface area contributed by atoms with Crippen molar-refractivity contribution in [3.8, 4) is 0 Å². The molecule has 5 nitrogen and oxygen atoms in total. The Morgan fingerprint density at radius 1 is 1.70 bits per heavy atom. The average Bonchev–Trinajstić information content (AvgIpc) is 2.33. The van der Waals surface area contributed by atoms with E-state index in [1.807, 2.05) is 0 Å². The predicted molar refractivity (Wildman–Crippen MR) is 30.7 cm³/mol. The van der Waals surface area contributed by atoms with E-state index in [2.05, 4.69) is 4.42 Å². The maximum absolute atomic E-state index is 10.0. The highest BCUT2D eigenvalue weighted by Crippen LogP contribution is 2.16. The van der Waals surface area contributed by atoms with Crippen LogP contribution < -0.4 is 0 Å². The van der Waals surface area contributed by atoms with E-state index < -0.39 is 10.8 Å². The van der Waals surface area contributed by atoms with Crippen LogP contribution in [0.4, 0.5) is 5.88 Å². The van der Waals surface area contributed by atoms with Crippen molar-refractivity contribution in [2.75, 3.05) is 0 Å². The van der Waals surface area contributed by atoms with Gasteiger partial charge in [0, 0.05) is 0 Å². The molecule has 1 heterocycles. The maximum Gasteiger partial charge on any atom is 0.443 e. The molecule has 0 aliphatic rings. The third-order valence-electron chi connectivity index (χ3n) is 0.967. The van der Waals surface area contributed by atoms with Crippen LogP contribution >= 0.6 is 0 Å². The molecule has 0 saturated heterocycles. The molecule has 0 N–H and O–H groups in total. The Labute approximate surface area is 55.4 Å². The van der Waals surface area contributed by atoms with Crippen molar-refractivity contribution in [1.29, 1.82) is 0 Å². The minimum atomic E-state index is -0.746. The number of rotatable bonds is 2. The van der Waals surface area contributed by atoms with Crippen molar-refractivity contribution in [3.05, 3.63) is 28.0 Å². The van der Waals surface area contributed by atoms with E-state index in [-0.39, 0.29) is 5.56 Å². The van der Waals surface area contributed by atoms with Gasteiger partial charge in [-0.2, -0.15) is 0 Å². The Hall–Kier alpha value is -1.65. The Balaban J connectivity index is 3.13. The molecule has 0 unspecified atom stereocenters. The molecule has 0 aliphatic carbocycles. The Morgan fingerprint density at radius 2 is 2.40 bits per heavy atom. The van der Waals surface area contributed by atoms with E-state index in [0.29, 0.717) is 6.29 Å². The Bertz CT molecular complexity index is 264. The molecule has 10 heavy (non-hydrogen) atoms. The molecule has 1 rings (SSSR count). The summed E-state index contributed by atoms with van der Waals surface area (Å²) in [5.74, 6) is -0.505. The molecule has 0 amide bonds. The van der Waals surface area contributed by atoms with E-state index >= 15 is 0 Å². The zero-order valence-electron chi connectivity index (χ0n) is 4.81. The molecule has 0 fully saturated rings. The fourth-order valence-electron chi connectivity index (χ4n) is 0.549. The van der Waals surface area contributed by atoms with Gasteiger partial charge in [0.25, 0.3) is 0 Å². The zero-order valence-corrected chi connectivity index (χ0v) is 4.81. The van der Waals surface area contributed by atoms with Gasteiger partial charge in [-0.1, -0.05) is 0 Å². The van der Waals surface area contributed by atoms with Gasteiger partial charge in [-0.25, -0.2) is 0 Å². The minimum Gasteiger partial charge on any atom is -0.409 e. The molecule has 5 heteroatoms. The van der Waals surface area contributed by atoms with Crippen molar-refractivity contribution in [3.63, 3.8) is 0 Å². The van der Waals surface area contributed by atoms with E-state index in [0.717, 1.165) is 6.26 Å². The fraction of sp³-hybridized carbons (Fsp3) is 0. The first-order valence-corrected chi connectivity index (χ1v) is 2.42. The van der Waals surface area contributed by atoms with E-state index in [1.165, 1.54) is 6.07 Å². The monoisotopic (exact) mass is 141 g/mol. The lowest BCUT2D eigenvalue weighted by atomic mass is 10.3. The summed E-state index contributed by atoms with van der Waals surface area (Å²) in [6.07, 6.45) is 1.48. The van der Waals surface area contributed by atoms with E-state index in [9.17, 15) is 14.9 Å². The van der Waals surface area contributed by atoms with Crippen LogP contribution in [-0.2, 0) is 0 Å². The van der Waals surface area contributed by atoms with Crippen LogP contribution in [0.25, 0.3) is 0 Å². The Morgan fingerprint density at radius 3 is 2.80 bits per heavy atom. The molecular weight excluding hydrogens is 138 g/mol. The summed E-state index contributed by atoms with van der Waals surface area (Å²) in [5, 5.41) is 9.99. The standard InChI is InChI=1S/C5H3NO4/c7-3-4-1-2-10-5(4)6(8)9/h1-3H.